The zero-order valence-electron chi connectivity index (χ0n) is 39.8. The molecule has 7 atom stereocenters. The van der Waals surface area contributed by atoms with E-state index in [9.17, 15) is 28.8 Å². The van der Waals surface area contributed by atoms with E-state index in [0.29, 0.717) is 43.9 Å². The first-order chi connectivity index (χ1) is 32.4. The van der Waals surface area contributed by atoms with Crippen LogP contribution in [0.5, 0.6) is 11.5 Å². The van der Waals surface area contributed by atoms with Gasteiger partial charge in [-0.15, -0.1) is 0 Å². The van der Waals surface area contributed by atoms with Gasteiger partial charge in [-0.25, -0.2) is 19.8 Å². The van der Waals surface area contributed by atoms with Crippen molar-refractivity contribution >= 4 is 29.0 Å². The summed E-state index contributed by atoms with van der Waals surface area (Å²) < 4.78 is 47.9. The maximum absolute atomic E-state index is 12.1. The number of para-hydroxylation sites is 2. The average molecular weight is 979 g/mol. The molecule has 1 fully saturated rings. The summed E-state index contributed by atoms with van der Waals surface area (Å²) in [4.78, 5) is 74.8. The van der Waals surface area contributed by atoms with Crippen LogP contribution in [-0.4, -0.2) is 88.9 Å². The number of nitrogens with zero attached hydrogens (tertiary/aromatic N) is 2. The fraction of sp³-hybridized carbons (Fsp3) is 0.511. The van der Waals surface area contributed by atoms with Crippen LogP contribution in [0.2, 0.25) is 0 Å². The predicted molar refractivity (Wildman–Crippen MR) is 257 cm³/mol. The van der Waals surface area contributed by atoms with E-state index in [1.54, 1.807) is 52.1 Å². The number of aryl methyl sites for hydroxylation is 1. The first-order valence-corrected chi connectivity index (χ1v) is 24.7. The predicted octanol–water partition coefficient (Wildman–Crippen LogP) is 6.33. The van der Waals surface area contributed by atoms with Crippen LogP contribution in [0.25, 0.3) is 0 Å². The van der Waals surface area contributed by atoms with Crippen molar-refractivity contribution in [3.8, 4) is 11.5 Å². The molecule has 1 saturated heterocycles. The summed E-state index contributed by atoms with van der Waals surface area (Å²) in [7, 11) is -1.80. The molecule has 0 spiro atoms. The molecule has 2 aromatic heterocycles. The van der Waals surface area contributed by atoms with Gasteiger partial charge in [0.1, 0.15) is 29.8 Å². The van der Waals surface area contributed by atoms with Gasteiger partial charge in [0.25, 0.3) is 11.1 Å². The van der Waals surface area contributed by atoms with Crippen LogP contribution in [0.1, 0.15) is 87.3 Å². The number of benzene rings is 2. The molecule has 4 N–H and O–H groups in total. The summed E-state index contributed by atoms with van der Waals surface area (Å²) in [6, 6.07) is 19.6. The highest BCUT2D eigenvalue weighted by Gasteiger charge is 2.30. The molecule has 3 heterocycles. The van der Waals surface area contributed by atoms with Gasteiger partial charge in [0, 0.05) is 38.2 Å². The minimum atomic E-state index is -1.68. The lowest BCUT2D eigenvalue weighted by Gasteiger charge is -2.24. The molecule has 20 nitrogen and oxygen atoms in total. The number of rotatable bonds is 24. The smallest absolute Gasteiger partial charge is 0.330 e. The molecule has 0 radical (unpaired) electrons. The molecule has 67 heavy (non-hydrogen) atoms. The van der Waals surface area contributed by atoms with Gasteiger partial charge in [-0.2, -0.15) is 0 Å². The number of esters is 2. The number of aromatic amines is 2. The zero-order valence-corrected chi connectivity index (χ0v) is 41.6. The van der Waals surface area contributed by atoms with Gasteiger partial charge in [0.05, 0.1) is 38.6 Å². The van der Waals surface area contributed by atoms with E-state index in [-0.39, 0.29) is 38.0 Å². The number of hydrogen-bond acceptors (Lipinski definition) is 16. The highest BCUT2D eigenvalue weighted by atomic mass is 31.2. The maximum atomic E-state index is 12.1. The first-order valence-electron chi connectivity index (χ1n) is 22.4. The van der Waals surface area contributed by atoms with Crippen LogP contribution in [0.15, 0.2) is 104 Å². The van der Waals surface area contributed by atoms with Gasteiger partial charge in [0.2, 0.25) is 0 Å². The van der Waals surface area contributed by atoms with E-state index in [1.165, 1.54) is 33.7 Å². The lowest BCUT2D eigenvalue weighted by atomic mass is 10.2. The average Bonchev–Trinajstić information content (AvgIpc) is 3.81. The van der Waals surface area contributed by atoms with Crippen molar-refractivity contribution < 1.29 is 46.6 Å². The molecule has 4 aromatic rings. The number of nitrogens with one attached hydrogen (secondary N) is 4. The van der Waals surface area contributed by atoms with E-state index >= 15 is 0 Å². The van der Waals surface area contributed by atoms with Crippen LogP contribution in [0.3, 0.4) is 0 Å². The van der Waals surface area contributed by atoms with E-state index < -0.39 is 63.8 Å². The minimum Gasteiger partial charge on any atom is -0.465 e. The summed E-state index contributed by atoms with van der Waals surface area (Å²) in [5, 5.41) is 6.07. The van der Waals surface area contributed by atoms with Crippen LogP contribution < -0.4 is 41.7 Å². The summed E-state index contributed by atoms with van der Waals surface area (Å²) in [6.07, 6.45) is 4.22. The van der Waals surface area contributed by atoms with Crippen molar-refractivity contribution in [3.05, 3.63) is 127 Å². The SMILES string of the molecule is CC.CC.CCCOC(=O)C(C)NP(OCC(CCn1ccc(=O)[nH]c1=O)OC)Oc1ccccc1.CCOC(=O)C(C)NP(OCC1CCC(n2ccc(=O)[nH]c2=O)O1)Oc1ccccc1. The third-order valence-electron chi connectivity index (χ3n) is 8.83. The fourth-order valence-corrected chi connectivity index (χ4v) is 7.93. The van der Waals surface area contributed by atoms with Gasteiger partial charge in [0.15, 0.2) is 0 Å². The van der Waals surface area contributed by atoms with Crippen molar-refractivity contribution in [1.29, 1.82) is 0 Å². The highest BCUT2D eigenvalue weighted by molar-refractivity contribution is 7.45. The third-order valence-corrected chi connectivity index (χ3v) is 11.5. The van der Waals surface area contributed by atoms with Gasteiger partial charge in [-0.3, -0.25) is 33.7 Å². The Hall–Kier alpha value is -5.04. The summed E-state index contributed by atoms with van der Waals surface area (Å²) in [5.41, 5.74) is -1.90. The Bertz CT molecular complexity index is 2210. The Morgan fingerprint density at radius 2 is 1.28 bits per heavy atom. The van der Waals surface area contributed by atoms with Crippen molar-refractivity contribution in [2.24, 2.45) is 0 Å². The van der Waals surface area contributed by atoms with Gasteiger partial charge >= 0.3 is 40.4 Å². The van der Waals surface area contributed by atoms with E-state index in [2.05, 4.69) is 20.1 Å². The molecule has 22 heteroatoms. The molecule has 7 unspecified atom stereocenters. The van der Waals surface area contributed by atoms with Crippen molar-refractivity contribution in [3.63, 3.8) is 0 Å². The monoisotopic (exact) mass is 978 g/mol. The van der Waals surface area contributed by atoms with Gasteiger partial charge < -0.3 is 41.6 Å². The quantitative estimate of drug-likeness (QED) is 0.0443. The van der Waals surface area contributed by atoms with Crippen molar-refractivity contribution in [1.82, 2.24) is 29.3 Å². The number of ether oxygens (including phenoxy) is 4. The number of aromatic nitrogens is 4. The largest absolute Gasteiger partial charge is 0.465 e. The van der Waals surface area contributed by atoms with E-state index in [1.807, 2.05) is 71.0 Å². The number of H-pyrrole nitrogens is 2. The molecule has 1 aliphatic rings. The Labute approximate surface area is 393 Å². The molecular formula is C45H68N6O14P2. The Balaban J connectivity index is 0.000000428. The molecule has 0 amide bonds. The lowest BCUT2D eigenvalue weighted by molar-refractivity contribution is -0.145. The first kappa shape index (κ1) is 58.1. The lowest BCUT2D eigenvalue weighted by Crippen LogP contribution is -2.34. The molecule has 5 rings (SSSR count). The third kappa shape index (κ3) is 22.1. The second-order valence-corrected chi connectivity index (χ2v) is 16.2. The van der Waals surface area contributed by atoms with E-state index in [0.717, 1.165) is 6.42 Å². The van der Waals surface area contributed by atoms with Crippen LogP contribution >= 0.6 is 17.1 Å². The Kier molecular flexibility index (Phi) is 29.0. The van der Waals surface area contributed by atoms with Gasteiger partial charge in [-0.05, 0) is 70.7 Å². The van der Waals surface area contributed by atoms with Crippen LogP contribution in [0.4, 0.5) is 0 Å². The van der Waals surface area contributed by atoms with Gasteiger partial charge in [-0.1, -0.05) is 71.0 Å². The van der Waals surface area contributed by atoms with Crippen LogP contribution in [-0.2, 0) is 44.1 Å². The topological polar surface area (TPSA) is 242 Å². The normalized spacial score (nSPS) is 16.1. The molecule has 0 aliphatic carbocycles. The summed E-state index contributed by atoms with van der Waals surface area (Å²) in [6.45, 7) is 16.4. The molecule has 372 valence electrons. The fourth-order valence-electron chi connectivity index (χ4n) is 5.49. The van der Waals surface area contributed by atoms with Crippen molar-refractivity contribution in [2.45, 2.75) is 118 Å². The highest BCUT2D eigenvalue weighted by Crippen LogP contribution is 2.38. The zero-order chi connectivity index (χ0) is 49.6. The number of methoxy groups -OCH3 is 1. The number of hydrogen-bond donors (Lipinski definition) is 4. The maximum Gasteiger partial charge on any atom is 0.330 e. The summed E-state index contributed by atoms with van der Waals surface area (Å²) in [5.74, 6) is 0.404. The second-order valence-electron chi connectivity index (χ2n) is 13.8. The summed E-state index contributed by atoms with van der Waals surface area (Å²) >= 11 is 0. The molecule has 2 aromatic carbocycles. The molecule has 1 aliphatic heterocycles. The number of carbonyl (C=O) groups is 2. The molecular weight excluding hydrogens is 910 g/mol. The standard InChI is InChI=1S/C21H30N3O7P.C20H26N3O7P.2C2H6/c1-4-14-29-20(26)16(2)23-32(31-17-8-6-5-7-9-17)30-15-18(28-3)10-12-24-13-11-19(25)22-21(24)27;1-3-27-19(25)14(2)22-31(30-15-7-5-4-6-8-15)28-13-16-9-10-18(29-16)23-12-11-17(24)21-20(23)26;2*1-2/h5-9,11,13,16,18,23H,4,10,12,14-15H2,1-3H3,(H,22,25,27);4-8,11-12,14,16,18,22H,3,9-10,13H2,1-2H3,(H,21,24,26);2*1-2H3. The van der Waals surface area contributed by atoms with Crippen molar-refractivity contribution in [2.75, 3.05) is 33.5 Å². The molecule has 0 bridgehead atoms. The minimum absolute atomic E-state index is 0.164. The Morgan fingerprint density at radius 3 is 1.81 bits per heavy atom. The number of carbonyl (C=O) groups excluding carboxylic acids is 2. The Morgan fingerprint density at radius 1 is 0.746 bits per heavy atom. The van der Waals surface area contributed by atoms with Crippen LogP contribution in [0, 0.1) is 0 Å². The van der Waals surface area contributed by atoms with E-state index in [4.69, 9.17) is 37.0 Å². The second kappa shape index (κ2) is 33.4. The molecule has 0 saturated carbocycles.